The normalized spacial score (nSPS) is 13.8. The summed E-state index contributed by atoms with van der Waals surface area (Å²) in [4.78, 5) is 69.2. The number of benzene rings is 1. The van der Waals surface area contributed by atoms with E-state index in [0.717, 1.165) is 16.5 Å². The maximum atomic E-state index is 13.2. The van der Waals surface area contributed by atoms with Crippen LogP contribution < -0.4 is 33.2 Å². The van der Waals surface area contributed by atoms with Crippen molar-refractivity contribution in [2.24, 2.45) is 22.2 Å². The van der Waals surface area contributed by atoms with Gasteiger partial charge in [-0.2, -0.15) is 11.8 Å². The number of carboxylic acid groups (broad SMARTS) is 2. The summed E-state index contributed by atoms with van der Waals surface area (Å²) < 4.78 is 0. The quantitative estimate of drug-likeness (QED) is 0.0556. The standard InChI is InChI=1S/C26H38N8O7S/c1-42-10-8-19(25(40)41)33-23(38)18(7-4-9-30-26(28)29)32-24(39)20(12-21(35)36)34-22(37)16(27)11-14-13-31-17-6-3-2-5-15(14)17/h2-3,5-6,13,16,18-20,31H,4,7-12,27H2,1H3,(H,32,39)(H,33,38)(H,34,37)(H,35,36)(H,40,41)(H4,28,29,30). The zero-order valence-corrected chi connectivity index (χ0v) is 24.0. The van der Waals surface area contributed by atoms with Crippen LogP contribution in [0.2, 0.25) is 0 Å². The number of aliphatic carboxylic acids is 2. The molecule has 0 fully saturated rings. The minimum atomic E-state index is -1.57. The lowest BCUT2D eigenvalue weighted by atomic mass is 10.0. The van der Waals surface area contributed by atoms with E-state index in [2.05, 4.69) is 25.9 Å². The van der Waals surface area contributed by atoms with Gasteiger partial charge in [-0.25, -0.2) is 4.79 Å². The van der Waals surface area contributed by atoms with Crippen LogP contribution in [-0.4, -0.2) is 93.5 Å². The van der Waals surface area contributed by atoms with E-state index in [9.17, 15) is 34.2 Å². The van der Waals surface area contributed by atoms with Crippen LogP contribution in [0.4, 0.5) is 0 Å². The smallest absolute Gasteiger partial charge is 0.326 e. The summed E-state index contributed by atoms with van der Waals surface area (Å²) in [5.41, 5.74) is 18.4. The number of nitrogens with zero attached hydrogens (tertiary/aromatic N) is 1. The Morgan fingerprint density at radius 2 is 1.60 bits per heavy atom. The van der Waals surface area contributed by atoms with Gasteiger partial charge >= 0.3 is 11.9 Å². The van der Waals surface area contributed by atoms with Gasteiger partial charge in [-0.15, -0.1) is 0 Å². The second-order valence-corrected chi connectivity index (χ2v) is 10.5. The second kappa shape index (κ2) is 16.8. The number of hydrogen-bond acceptors (Lipinski definition) is 8. The van der Waals surface area contributed by atoms with Gasteiger partial charge in [0, 0.05) is 23.6 Å². The van der Waals surface area contributed by atoms with Crippen LogP contribution in [0.5, 0.6) is 0 Å². The summed E-state index contributed by atoms with van der Waals surface area (Å²) in [6.07, 6.45) is 3.19. The van der Waals surface area contributed by atoms with Crippen LogP contribution in [0.25, 0.3) is 10.9 Å². The van der Waals surface area contributed by atoms with Crippen LogP contribution >= 0.6 is 11.8 Å². The average molecular weight is 607 g/mol. The van der Waals surface area contributed by atoms with Gasteiger partial charge in [-0.1, -0.05) is 18.2 Å². The van der Waals surface area contributed by atoms with Crippen molar-refractivity contribution < 1.29 is 34.2 Å². The van der Waals surface area contributed by atoms with E-state index in [-0.39, 0.29) is 38.2 Å². The number of guanidine groups is 1. The number of hydrogen-bond donors (Lipinski definition) is 9. The van der Waals surface area contributed by atoms with Crippen molar-refractivity contribution in [1.82, 2.24) is 20.9 Å². The fourth-order valence-electron chi connectivity index (χ4n) is 4.10. The maximum Gasteiger partial charge on any atom is 0.326 e. The lowest BCUT2D eigenvalue weighted by molar-refractivity contribution is -0.143. The number of para-hydroxylation sites is 1. The van der Waals surface area contributed by atoms with Crippen molar-refractivity contribution in [2.45, 2.75) is 56.3 Å². The summed E-state index contributed by atoms with van der Waals surface area (Å²) in [6.45, 7) is 0.120. The van der Waals surface area contributed by atoms with Crippen LogP contribution in [0.3, 0.4) is 0 Å². The summed E-state index contributed by atoms with van der Waals surface area (Å²) >= 11 is 1.40. The molecular formula is C26H38N8O7S. The third kappa shape index (κ3) is 10.9. The molecule has 1 aromatic heterocycles. The Labute approximate surface area is 246 Å². The lowest BCUT2D eigenvalue weighted by Crippen LogP contribution is -2.57. The van der Waals surface area contributed by atoms with Crippen LogP contribution in [0.1, 0.15) is 31.2 Å². The molecule has 42 heavy (non-hydrogen) atoms. The zero-order valence-electron chi connectivity index (χ0n) is 23.2. The van der Waals surface area contributed by atoms with Gasteiger partial charge in [-0.05, 0) is 49.3 Å². The molecule has 15 nitrogen and oxygen atoms in total. The molecule has 0 aliphatic heterocycles. The molecule has 4 unspecified atom stereocenters. The zero-order chi connectivity index (χ0) is 31.2. The number of aromatic amines is 1. The third-order valence-electron chi connectivity index (χ3n) is 6.27. The number of nitrogens with two attached hydrogens (primary N) is 3. The lowest BCUT2D eigenvalue weighted by Gasteiger charge is -2.24. The van der Waals surface area contributed by atoms with Crippen molar-refractivity contribution in [1.29, 1.82) is 0 Å². The predicted molar refractivity (Wildman–Crippen MR) is 159 cm³/mol. The van der Waals surface area contributed by atoms with Gasteiger partial charge in [0.25, 0.3) is 0 Å². The number of rotatable bonds is 18. The van der Waals surface area contributed by atoms with E-state index in [0.29, 0.717) is 5.75 Å². The van der Waals surface area contributed by atoms with Gasteiger partial charge in [0.2, 0.25) is 17.7 Å². The number of carboxylic acids is 2. The molecule has 230 valence electrons. The molecule has 12 N–H and O–H groups in total. The number of amides is 3. The number of H-pyrrole nitrogens is 1. The first-order valence-corrected chi connectivity index (χ1v) is 14.5. The first-order valence-electron chi connectivity index (χ1n) is 13.1. The van der Waals surface area contributed by atoms with Crippen molar-refractivity contribution in [2.75, 3.05) is 18.6 Å². The molecule has 2 aromatic rings. The molecule has 16 heteroatoms. The van der Waals surface area contributed by atoms with E-state index in [1.165, 1.54) is 11.8 Å². The molecule has 2 rings (SSSR count). The first kappa shape index (κ1) is 33.9. The third-order valence-corrected chi connectivity index (χ3v) is 6.91. The van der Waals surface area contributed by atoms with Crippen molar-refractivity contribution >= 4 is 58.3 Å². The second-order valence-electron chi connectivity index (χ2n) is 9.52. The molecule has 0 spiro atoms. The Bertz CT molecular complexity index is 1280. The molecular weight excluding hydrogens is 568 g/mol. The molecule has 0 bridgehead atoms. The maximum absolute atomic E-state index is 13.2. The van der Waals surface area contributed by atoms with Gasteiger partial charge < -0.3 is 48.3 Å². The number of carbonyl (C=O) groups excluding carboxylic acids is 3. The Morgan fingerprint density at radius 3 is 2.24 bits per heavy atom. The van der Waals surface area contributed by atoms with Gasteiger partial charge in [0.15, 0.2) is 5.96 Å². The molecule has 3 amide bonds. The SMILES string of the molecule is CSCCC(NC(=O)C(CCCN=C(N)N)NC(=O)C(CC(=O)O)NC(=O)C(N)Cc1c[nH]c2ccccc12)C(=O)O. The molecule has 4 atom stereocenters. The van der Waals surface area contributed by atoms with Gasteiger partial charge in [-0.3, -0.25) is 24.2 Å². The minimum Gasteiger partial charge on any atom is -0.481 e. The monoisotopic (exact) mass is 606 g/mol. The van der Waals surface area contributed by atoms with E-state index in [1.54, 1.807) is 12.5 Å². The average Bonchev–Trinajstić information content (AvgIpc) is 3.34. The highest BCUT2D eigenvalue weighted by atomic mass is 32.2. The largest absolute Gasteiger partial charge is 0.481 e. The van der Waals surface area contributed by atoms with E-state index in [4.69, 9.17) is 17.2 Å². The van der Waals surface area contributed by atoms with Gasteiger partial charge in [0.1, 0.15) is 18.1 Å². The van der Waals surface area contributed by atoms with Crippen molar-refractivity contribution in [3.63, 3.8) is 0 Å². The highest BCUT2D eigenvalue weighted by Crippen LogP contribution is 2.19. The number of nitrogens with one attached hydrogen (secondary N) is 4. The topological polar surface area (TPSA) is 268 Å². The molecule has 0 saturated heterocycles. The molecule has 1 heterocycles. The summed E-state index contributed by atoms with van der Waals surface area (Å²) in [5.74, 6) is -4.85. The molecule has 0 saturated carbocycles. The summed E-state index contributed by atoms with van der Waals surface area (Å²) in [6, 6.07) is 2.26. The van der Waals surface area contributed by atoms with Crippen LogP contribution in [0.15, 0.2) is 35.5 Å². The Hall–Kier alpha value is -4.31. The number of aromatic nitrogens is 1. The highest BCUT2D eigenvalue weighted by Gasteiger charge is 2.31. The predicted octanol–water partition coefficient (Wildman–Crippen LogP) is -1.14. The van der Waals surface area contributed by atoms with Crippen LogP contribution in [0, 0.1) is 0 Å². The molecule has 1 aromatic carbocycles. The number of thioether (sulfide) groups is 1. The Kier molecular flexibility index (Phi) is 13.6. The Morgan fingerprint density at radius 1 is 0.952 bits per heavy atom. The number of carbonyl (C=O) groups is 5. The minimum absolute atomic E-state index is 0.00294. The van der Waals surface area contributed by atoms with Crippen molar-refractivity contribution in [3.05, 3.63) is 36.0 Å². The summed E-state index contributed by atoms with van der Waals surface area (Å²) in [7, 11) is 0. The summed E-state index contributed by atoms with van der Waals surface area (Å²) in [5, 5.41) is 27.0. The van der Waals surface area contributed by atoms with E-state index < -0.39 is 60.2 Å². The molecule has 0 aliphatic rings. The number of fused-ring (bicyclic) bond motifs is 1. The fraction of sp³-hybridized carbons (Fsp3) is 0.462. The van der Waals surface area contributed by atoms with E-state index >= 15 is 0 Å². The van der Waals surface area contributed by atoms with Gasteiger partial charge in [0.05, 0.1) is 12.5 Å². The van der Waals surface area contributed by atoms with Crippen LogP contribution in [-0.2, 0) is 30.4 Å². The first-order chi connectivity index (χ1) is 19.9. The highest BCUT2D eigenvalue weighted by molar-refractivity contribution is 7.98. The van der Waals surface area contributed by atoms with Crippen molar-refractivity contribution in [3.8, 4) is 0 Å². The number of aliphatic imine (C=N–C) groups is 1. The van der Waals surface area contributed by atoms with E-state index in [1.807, 2.05) is 24.3 Å². The molecule has 0 radical (unpaired) electrons. The molecule has 0 aliphatic carbocycles. The Balaban J connectivity index is 2.16. The fourth-order valence-corrected chi connectivity index (χ4v) is 4.57.